The van der Waals surface area contributed by atoms with Gasteiger partial charge < -0.3 is 14.2 Å². The van der Waals surface area contributed by atoms with Crippen molar-refractivity contribution in [3.05, 3.63) is 60.3 Å². The largest absolute Gasteiger partial charge is 0.439 e. The summed E-state index contributed by atoms with van der Waals surface area (Å²) in [6.07, 6.45) is 0. The van der Waals surface area contributed by atoms with Gasteiger partial charge in [-0.2, -0.15) is 0 Å². The first kappa shape index (κ1) is 16.4. The van der Waals surface area contributed by atoms with Gasteiger partial charge in [-0.25, -0.2) is 0 Å². The Morgan fingerprint density at radius 2 is 1.67 bits per heavy atom. The summed E-state index contributed by atoms with van der Waals surface area (Å²) in [5.41, 5.74) is 2.91. The van der Waals surface area contributed by atoms with E-state index < -0.39 is 5.97 Å². The van der Waals surface area contributed by atoms with E-state index in [1.807, 2.05) is 43.3 Å². The minimum absolute atomic E-state index is 0.658. The maximum atomic E-state index is 5.83. The summed E-state index contributed by atoms with van der Waals surface area (Å²) in [5.74, 6) is -0.466. The highest BCUT2D eigenvalue weighted by atomic mass is 16.9. The lowest BCUT2D eigenvalue weighted by molar-refractivity contribution is -0.309. The second-order valence-corrected chi connectivity index (χ2v) is 5.73. The molecule has 0 N–H and O–H groups in total. The van der Waals surface area contributed by atoms with Crippen molar-refractivity contribution in [2.24, 2.45) is 0 Å². The van der Waals surface area contributed by atoms with Gasteiger partial charge in [0.25, 0.3) is 0 Å². The van der Waals surface area contributed by atoms with E-state index in [1.165, 1.54) is 5.39 Å². The molecule has 3 aromatic rings. The molecule has 0 atom stereocenters. The van der Waals surface area contributed by atoms with Crippen LogP contribution in [0.3, 0.4) is 0 Å². The number of rotatable bonds is 5. The third-order valence-corrected chi connectivity index (χ3v) is 4.02. The van der Waals surface area contributed by atoms with Crippen molar-refractivity contribution in [2.75, 3.05) is 14.2 Å². The lowest BCUT2D eigenvalue weighted by atomic mass is 10.0. The van der Waals surface area contributed by atoms with Crippen molar-refractivity contribution in [1.82, 2.24) is 4.98 Å². The number of fused-ring (bicyclic) bond motifs is 1. The lowest BCUT2D eigenvalue weighted by Gasteiger charge is -2.26. The average Bonchev–Trinajstić information content (AvgIpc) is 2.61. The molecule has 4 nitrogen and oxygen atoms in total. The second-order valence-electron chi connectivity index (χ2n) is 5.73. The summed E-state index contributed by atoms with van der Waals surface area (Å²) in [7, 11) is 3.09. The molecular formula is C20H21NO3. The van der Waals surface area contributed by atoms with Crippen LogP contribution in [0.2, 0.25) is 0 Å². The summed E-state index contributed by atoms with van der Waals surface area (Å²) in [4.78, 5) is 4.73. The number of aryl methyl sites for hydroxylation is 1. The van der Waals surface area contributed by atoms with Crippen LogP contribution in [0.15, 0.2) is 54.6 Å². The van der Waals surface area contributed by atoms with Crippen LogP contribution in [-0.4, -0.2) is 25.2 Å². The molecule has 0 fully saturated rings. The number of benzene rings is 2. The van der Waals surface area contributed by atoms with Crippen molar-refractivity contribution >= 4 is 10.8 Å². The first-order valence-corrected chi connectivity index (χ1v) is 7.81. The van der Waals surface area contributed by atoms with Gasteiger partial charge in [0.15, 0.2) is 0 Å². The topological polar surface area (TPSA) is 40.6 Å². The number of hydrogen-bond acceptors (Lipinski definition) is 4. The maximum Gasteiger partial charge on any atom is 0.323 e. The number of ether oxygens (including phenoxy) is 3. The van der Waals surface area contributed by atoms with Gasteiger partial charge in [-0.05, 0) is 30.5 Å². The Morgan fingerprint density at radius 1 is 0.917 bits per heavy atom. The van der Waals surface area contributed by atoms with Crippen LogP contribution in [0.5, 0.6) is 5.75 Å². The monoisotopic (exact) mass is 323 g/mol. The standard InChI is InChI=1S/C20H21NO3/c1-14-12-15-8-5-6-11-18(15)19(21-14)16-9-7-10-17(13-16)24-20(2,22-3)23-4/h5-13H,1-4H3. The van der Waals surface area contributed by atoms with E-state index in [9.17, 15) is 0 Å². The molecule has 0 aliphatic heterocycles. The van der Waals surface area contributed by atoms with Crippen LogP contribution in [0, 0.1) is 6.92 Å². The third-order valence-electron chi connectivity index (χ3n) is 4.02. The van der Waals surface area contributed by atoms with Crippen LogP contribution in [0.4, 0.5) is 0 Å². The Labute approximate surface area is 142 Å². The Hall–Kier alpha value is -2.43. The number of nitrogens with zero attached hydrogens (tertiary/aromatic N) is 1. The molecular weight excluding hydrogens is 302 g/mol. The first-order valence-electron chi connectivity index (χ1n) is 7.81. The second kappa shape index (κ2) is 6.59. The predicted molar refractivity (Wildman–Crippen MR) is 95.0 cm³/mol. The molecule has 1 aromatic heterocycles. The molecule has 1 heterocycles. The van der Waals surface area contributed by atoms with Crippen molar-refractivity contribution in [3.63, 3.8) is 0 Å². The van der Waals surface area contributed by atoms with E-state index in [0.29, 0.717) is 5.75 Å². The van der Waals surface area contributed by atoms with Gasteiger partial charge in [-0.1, -0.05) is 36.4 Å². The Kier molecular flexibility index (Phi) is 4.51. The van der Waals surface area contributed by atoms with Crippen LogP contribution in [0.25, 0.3) is 22.0 Å². The maximum absolute atomic E-state index is 5.83. The number of pyridine rings is 1. The molecule has 0 aliphatic rings. The fourth-order valence-electron chi connectivity index (χ4n) is 2.64. The lowest BCUT2D eigenvalue weighted by Crippen LogP contribution is -2.36. The summed E-state index contributed by atoms with van der Waals surface area (Å²) < 4.78 is 16.4. The van der Waals surface area contributed by atoms with E-state index in [2.05, 4.69) is 18.2 Å². The molecule has 0 bridgehead atoms. The van der Waals surface area contributed by atoms with Crippen LogP contribution >= 0.6 is 0 Å². The molecule has 0 amide bonds. The number of methoxy groups -OCH3 is 2. The highest BCUT2D eigenvalue weighted by Crippen LogP contribution is 2.31. The third kappa shape index (κ3) is 3.25. The molecule has 0 saturated carbocycles. The molecule has 0 radical (unpaired) electrons. The summed E-state index contributed by atoms with van der Waals surface area (Å²) in [6, 6.07) is 18.1. The number of hydrogen-bond donors (Lipinski definition) is 0. The molecule has 4 heteroatoms. The van der Waals surface area contributed by atoms with Gasteiger partial charge in [0.05, 0.1) is 5.69 Å². The van der Waals surface area contributed by atoms with Crippen molar-refractivity contribution in [1.29, 1.82) is 0 Å². The van der Waals surface area contributed by atoms with Crippen LogP contribution in [0.1, 0.15) is 12.6 Å². The molecule has 24 heavy (non-hydrogen) atoms. The van der Waals surface area contributed by atoms with Crippen molar-refractivity contribution in [2.45, 2.75) is 19.8 Å². The first-order chi connectivity index (χ1) is 11.5. The van der Waals surface area contributed by atoms with Gasteiger partial charge >= 0.3 is 5.97 Å². The molecule has 0 saturated heterocycles. The zero-order valence-electron chi connectivity index (χ0n) is 14.4. The molecule has 2 aromatic carbocycles. The zero-order valence-corrected chi connectivity index (χ0v) is 14.4. The fourth-order valence-corrected chi connectivity index (χ4v) is 2.64. The predicted octanol–water partition coefficient (Wildman–Crippen LogP) is 4.56. The minimum Gasteiger partial charge on any atom is -0.439 e. The SMILES string of the molecule is COC(C)(OC)Oc1cccc(-c2nc(C)cc3ccccc23)c1. The van der Waals surface area contributed by atoms with Crippen molar-refractivity contribution in [3.8, 4) is 17.0 Å². The van der Waals surface area contributed by atoms with Gasteiger partial charge in [-0.15, -0.1) is 0 Å². The average molecular weight is 323 g/mol. The number of aromatic nitrogens is 1. The summed E-state index contributed by atoms with van der Waals surface area (Å²) >= 11 is 0. The minimum atomic E-state index is -1.12. The Morgan fingerprint density at radius 3 is 2.42 bits per heavy atom. The molecule has 3 rings (SSSR count). The van der Waals surface area contributed by atoms with Gasteiger partial charge in [-0.3, -0.25) is 4.98 Å². The molecule has 0 unspecified atom stereocenters. The van der Waals surface area contributed by atoms with Crippen LogP contribution in [-0.2, 0) is 9.47 Å². The molecule has 0 spiro atoms. The van der Waals surface area contributed by atoms with E-state index in [-0.39, 0.29) is 0 Å². The van der Waals surface area contributed by atoms with E-state index >= 15 is 0 Å². The van der Waals surface area contributed by atoms with Gasteiger partial charge in [0.2, 0.25) is 0 Å². The summed E-state index contributed by atoms with van der Waals surface area (Å²) in [6.45, 7) is 3.73. The van der Waals surface area contributed by atoms with E-state index in [4.69, 9.17) is 19.2 Å². The zero-order chi connectivity index (χ0) is 17.2. The molecule has 0 aliphatic carbocycles. The quantitative estimate of drug-likeness (QED) is 0.646. The molecule has 124 valence electrons. The van der Waals surface area contributed by atoms with Gasteiger partial charge in [0.1, 0.15) is 5.75 Å². The Balaban J connectivity index is 2.07. The Bertz CT molecular complexity index is 856. The normalized spacial score (nSPS) is 11.7. The van der Waals surface area contributed by atoms with E-state index in [1.54, 1.807) is 21.1 Å². The van der Waals surface area contributed by atoms with Crippen LogP contribution < -0.4 is 4.74 Å². The smallest absolute Gasteiger partial charge is 0.323 e. The van der Waals surface area contributed by atoms with Crippen molar-refractivity contribution < 1.29 is 14.2 Å². The fraction of sp³-hybridized carbons (Fsp3) is 0.250. The van der Waals surface area contributed by atoms with E-state index in [0.717, 1.165) is 22.3 Å². The van der Waals surface area contributed by atoms with Gasteiger partial charge in [0, 0.05) is 37.8 Å². The highest BCUT2D eigenvalue weighted by molar-refractivity contribution is 5.95. The highest BCUT2D eigenvalue weighted by Gasteiger charge is 2.25. The summed E-state index contributed by atoms with van der Waals surface area (Å²) in [5, 5.41) is 2.28.